The normalized spacial score (nSPS) is 11.4. The number of hydrogen-bond acceptors (Lipinski definition) is 5. The van der Waals surface area contributed by atoms with Crippen LogP contribution in [-0.2, 0) is 12.8 Å². The van der Waals surface area contributed by atoms with Gasteiger partial charge in [0.2, 0.25) is 0 Å². The van der Waals surface area contributed by atoms with Crippen molar-refractivity contribution in [2.45, 2.75) is 12.8 Å². The highest BCUT2D eigenvalue weighted by atomic mass is 19.4. The fourth-order valence-electron chi connectivity index (χ4n) is 3.20. The predicted octanol–water partition coefficient (Wildman–Crippen LogP) is 4.03. The molecule has 170 valence electrons. The quantitative estimate of drug-likeness (QED) is 0.406. The third kappa shape index (κ3) is 4.58. The van der Waals surface area contributed by atoms with E-state index in [0.717, 1.165) is 4.68 Å². The Morgan fingerprint density at radius 3 is 2.55 bits per heavy atom. The lowest BCUT2D eigenvalue weighted by Crippen LogP contribution is -2.17. The predicted molar refractivity (Wildman–Crippen MR) is 113 cm³/mol. The monoisotopic (exact) mass is 457 g/mol. The summed E-state index contributed by atoms with van der Waals surface area (Å²) in [4.78, 5) is 20.2. The van der Waals surface area contributed by atoms with E-state index in [4.69, 9.17) is 4.74 Å². The Morgan fingerprint density at radius 2 is 1.94 bits per heavy atom. The highest BCUT2D eigenvalue weighted by molar-refractivity contribution is 6.05. The SMILES string of the molecule is COc1ccc(-n2nc(C(F)(F)F)cc2C(=O)Nc2ccc(CO)cc2-c2ncc[nH]2)cc1. The van der Waals surface area contributed by atoms with Gasteiger partial charge in [0.05, 0.1) is 25.1 Å². The average molecular weight is 457 g/mol. The standard InChI is InChI=1S/C22H18F3N5O3/c1-33-15-5-3-14(4-6-15)30-18(11-19(29-30)22(23,24)25)21(32)28-17-7-2-13(12-31)10-16(17)20-26-8-9-27-20/h2-11,31H,12H2,1H3,(H,26,27)(H,28,32). The molecule has 2 aromatic carbocycles. The second-order valence-corrected chi connectivity index (χ2v) is 6.95. The summed E-state index contributed by atoms with van der Waals surface area (Å²) in [5, 5.41) is 15.7. The van der Waals surface area contributed by atoms with Gasteiger partial charge in [-0.1, -0.05) is 6.07 Å². The zero-order chi connectivity index (χ0) is 23.6. The number of alkyl halides is 3. The maximum absolute atomic E-state index is 13.4. The van der Waals surface area contributed by atoms with Crippen LogP contribution in [0.1, 0.15) is 21.7 Å². The number of amides is 1. The molecule has 0 aliphatic carbocycles. The van der Waals surface area contributed by atoms with Crippen LogP contribution in [0, 0.1) is 0 Å². The number of H-pyrrole nitrogens is 1. The molecular weight excluding hydrogens is 439 g/mol. The third-order valence-electron chi connectivity index (χ3n) is 4.82. The first kappa shape index (κ1) is 22.1. The second kappa shape index (κ2) is 8.79. The van der Waals surface area contributed by atoms with Gasteiger partial charge in [-0.25, -0.2) is 9.67 Å². The number of aromatic amines is 1. The number of nitrogens with one attached hydrogen (secondary N) is 2. The van der Waals surface area contributed by atoms with Crippen LogP contribution in [0.5, 0.6) is 5.75 Å². The summed E-state index contributed by atoms with van der Waals surface area (Å²) in [7, 11) is 1.46. The van der Waals surface area contributed by atoms with Gasteiger partial charge in [0.25, 0.3) is 5.91 Å². The van der Waals surface area contributed by atoms with E-state index in [-0.39, 0.29) is 18.0 Å². The number of hydrogen-bond donors (Lipinski definition) is 3. The van der Waals surface area contributed by atoms with Crippen LogP contribution in [0.15, 0.2) is 60.9 Å². The average Bonchev–Trinajstić information content (AvgIpc) is 3.50. The van der Waals surface area contributed by atoms with E-state index in [9.17, 15) is 23.1 Å². The van der Waals surface area contributed by atoms with Gasteiger partial charge in [0.15, 0.2) is 5.69 Å². The summed E-state index contributed by atoms with van der Waals surface area (Å²) in [5.74, 6) is 0.110. The van der Waals surface area contributed by atoms with Crippen LogP contribution < -0.4 is 10.1 Å². The number of anilines is 1. The van der Waals surface area contributed by atoms with Gasteiger partial charge in [0, 0.05) is 24.0 Å². The largest absolute Gasteiger partial charge is 0.497 e. The van der Waals surface area contributed by atoms with Gasteiger partial charge < -0.3 is 20.1 Å². The fraction of sp³-hybridized carbons (Fsp3) is 0.136. The van der Waals surface area contributed by atoms with Crippen molar-refractivity contribution in [3.8, 4) is 22.8 Å². The van der Waals surface area contributed by atoms with Crippen LogP contribution in [0.2, 0.25) is 0 Å². The van der Waals surface area contributed by atoms with Crippen LogP contribution in [0.3, 0.4) is 0 Å². The fourth-order valence-corrected chi connectivity index (χ4v) is 3.20. The Morgan fingerprint density at radius 1 is 1.18 bits per heavy atom. The number of aliphatic hydroxyl groups is 1. The summed E-state index contributed by atoms with van der Waals surface area (Å²) in [6.07, 6.45) is -1.64. The van der Waals surface area contributed by atoms with Gasteiger partial charge in [-0.2, -0.15) is 18.3 Å². The van der Waals surface area contributed by atoms with Crippen molar-refractivity contribution in [1.82, 2.24) is 19.7 Å². The second-order valence-electron chi connectivity index (χ2n) is 6.95. The number of halogens is 3. The molecule has 0 radical (unpaired) electrons. The number of ether oxygens (including phenoxy) is 1. The van der Waals surface area contributed by atoms with Crippen LogP contribution in [-0.4, -0.2) is 37.9 Å². The minimum Gasteiger partial charge on any atom is -0.497 e. The lowest BCUT2D eigenvalue weighted by molar-refractivity contribution is -0.141. The summed E-state index contributed by atoms with van der Waals surface area (Å²) in [6.45, 7) is -0.235. The van der Waals surface area contributed by atoms with Crippen molar-refractivity contribution in [3.63, 3.8) is 0 Å². The number of aromatic nitrogens is 4. The number of imidazole rings is 1. The number of aliphatic hydroxyl groups excluding tert-OH is 1. The highest BCUT2D eigenvalue weighted by Gasteiger charge is 2.36. The zero-order valence-electron chi connectivity index (χ0n) is 17.2. The minimum absolute atomic E-state index is 0.235. The van der Waals surface area contributed by atoms with Crippen molar-refractivity contribution >= 4 is 11.6 Å². The van der Waals surface area contributed by atoms with Crippen LogP contribution >= 0.6 is 0 Å². The molecule has 2 aromatic heterocycles. The molecule has 8 nitrogen and oxygen atoms in total. The Bertz CT molecular complexity index is 1270. The van der Waals surface area contributed by atoms with Crippen molar-refractivity contribution in [1.29, 1.82) is 0 Å². The molecule has 0 bridgehead atoms. The van der Waals surface area contributed by atoms with Gasteiger partial charge in [-0.3, -0.25) is 4.79 Å². The topological polar surface area (TPSA) is 105 Å². The van der Waals surface area contributed by atoms with Gasteiger partial charge in [-0.15, -0.1) is 0 Å². The maximum atomic E-state index is 13.4. The number of nitrogens with zero attached hydrogens (tertiary/aromatic N) is 3. The summed E-state index contributed by atoms with van der Waals surface area (Å²) >= 11 is 0. The first-order valence-corrected chi connectivity index (χ1v) is 9.66. The molecule has 0 atom stereocenters. The molecular formula is C22H18F3N5O3. The third-order valence-corrected chi connectivity index (χ3v) is 4.82. The summed E-state index contributed by atoms with van der Waals surface area (Å²) < 4.78 is 46.1. The summed E-state index contributed by atoms with van der Waals surface area (Å²) in [5.41, 5.74) is 0.0597. The summed E-state index contributed by atoms with van der Waals surface area (Å²) in [6, 6.07) is 11.5. The van der Waals surface area contributed by atoms with E-state index >= 15 is 0 Å². The van der Waals surface area contributed by atoms with E-state index in [2.05, 4.69) is 20.4 Å². The van der Waals surface area contributed by atoms with Crippen LogP contribution in [0.4, 0.5) is 18.9 Å². The molecule has 0 saturated carbocycles. The van der Waals surface area contributed by atoms with Gasteiger partial charge >= 0.3 is 6.18 Å². The lowest BCUT2D eigenvalue weighted by Gasteiger charge is -2.12. The molecule has 0 saturated heterocycles. The number of rotatable bonds is 6. The van der Waals surface area contributed by atoms with E-state index < -0.39 is 17.8 Å². The molecule has 2 heterocycles. The van der Waals surface area contributed by atoms with Crippen molar-refractivity contribution in [2.24, 2.45) is 0 Å². The smallest absolute Gasteiger partial charge is 0.435 e. The van der Waals surface area contributed by atoms with Gasteiger partial charge in [-0.05, 0) is 42.0 Å². The molecule has 1 amide bonds. The molecule has 0 aliphatic rings. The molecule has 4 aromatic rings. The molecule has 33 heavy (non-hydrogen) atoms. The van der Waals surface area contributed by atoms with Gasteiger partial charge in [0.1, 0.15) is 17.3 Å². The number of carbonyl (C=O) groups excluding carboxylic acids is 1. The highest BCUT2D eigenvalue weighted by Crippen LogP contribution is 2.31. The number of carbonyl (C=O) groups is 1. The van der Waals surface area contributed by atoms with Crippen molar-refractivity contribution in [2.75, 3.05) is 12.4 Å². The molecule has 4 rings (SSSR count). The molecule has 0 fully saturated rings. The molecule has 0 spiro atoms. The van der Waals surface area contributed by atoms with E-state index in [1.165, 1.54) is 25.4 Å². The van der Waals surface area contributed by atoms with E-state index in [0.29, 0.717) is 34.5 Å². The maximum Gasteiger partial charge on any atom is 0.435 e. The Hall–Kier alpha value is -4.12. The molecule has 3 N–H and O–H groups in total. The first-order valence-electron chi connectivity index (χ1n) is 9.66. The zero-order valence-corrected chi connectivity index (χ0v) is 17.2. The Labute approximate surface area is 185 Å². The van der Waals surface area contributed by atoms with Crippen LogP contribution in [0.25, 0.3) is 17.1 Å². The molecule has 0 unspecified atom stereocenters. The van der Waals surface area contributed by atoms with E-state index in [1.807, 2.05) is 0 Å². The van der Waals surface area contributed by atoms with Crippen molar-refractivity contribution in [3.05, 3.63) is 77.9 Å². The number of methoxy groups -OCH3 is 1. The Balaban J connectivity index is 1.75. The minimum atomic E-state index is -4.74. The number of benzene rings is 2. The van der Waals surface area contributed by atoms with Crippen molar-refractivity contribution < 1.29 is 27.8 Å². The Kier molecular flexibility index (Phi) is 5.88. The molecule has 11 heteroatoms. The lowest BCUT2D eigenvalue weighted by atomic mass is 10.1. The molecule has 0 aliphatic heterocycles. The van der Waals surface area contributed by atoms with E-state index in [1.54, 1.807) is 36.5 Å². The first-order chi connectivity index (χ1) is 15.8.